The maximum absolute atomic E-state index is 12.9. The lowest BCUT2D eigenvalue weighted by atomic mass is 10.3. The van der Waals surface area contributed by atoms with Gasteiger partial charge in [-0.3, -0.25) is 0 Å². The number of hydrogen-bond acceptors (Lipinski definition) is 1. The van der Waals surface area contributed by atoms with Crippen molar-refractivity contribution < 1.29 is 17.9 Å². The van der Waals surface area contributed by atoms with E-state index < -0.39 is 18.2 Å². The predicted molar refractivity (Wildman–Crippen MR) is 43.1 cm³/mol. The van der Waals surface area contributed by atoms with Crippen molar-refractivity contribution in [2.45, 2.75) is 6.61 Å². The molecule has 6 heteroatoms. The minimum atomic E-state index is -3.11. The molecule has 1 rings (SSSR count). The maximum Gasteiger partial charge on any atom is 0.387 e. The zero-order valence-corrected chi connectivity index (χ0v) is 7.54. The van der Waals surface area contributed by atoms with E-state index in [1.54, 1.807) is 0 Å². The fourth-order valence-corrected chi connectivity index (χ4v) is 1.19. The molecule has 0 bridgehead atoms. The van der Waals surface area contributed by atoms with Crippen LogP contribution in [0, 0.1) is 5.82 Å². The van der Waals surface area contributed by atoms with E-state index in [0.717, 1.165) is 12.1 Å². The van der Waals surface area contributed by atoms with Gasteiger partial charge in [-0.05, 0) is 6.07 Å². The highest BCUT2D eigenvalue weighted by Crippen LogP contribution is 2.29. The van der Waals surface area contributed by atoms with Crippen molar-refractivity contribution in [2.75, 3.05) is 0 Å². The fourth-order valence-electron chi connectivity index (χ4n) is 0.714. The lowest BCUT2D eigenvalue weighted by Crippen LogP contribution is -2.03. The molecule has 0 saturated heterocycles. The number of benzene rings is 1. The monoisotopic (exact) mass is 230 g/mol. The summed E-state index contributed by atoms with van der Waals surface area (Å²) in [5.41, 5.74) is 0. The number of halogens is 5. The van der Waals surface area contributed by atoms with Crippen LogP contribution in [0.1, 0.15) is 0 Å². The van der Waals surface area contributed by atoms with Gasteiger partial charge >= 0.3 is 6.61 Å². The van der Waals surface area contributed by atoms with Gasteiger partial charge in [0.1, 0.15) is 0 Å². The first-order valence-corrected chi connectivity index (χ1v) is 3.85. The van der Waals surface area contributed by atoms with E-state index in [2.05, 4.69) is 4.74 Å². The van der Waals surface area contributed by atoms with Crippen LogP contribution in [0.15, 0.2) is 12.1 Å². The van der Waals surface area contributed by atoms with Crippen LogP contribution in [0.25, 0.3) is 0 Å². The third-order valence-electron chi connectivity index (χ3n) is 1.18. The second kappa shape index (κ2) is 4.07. The van der Waals surface area contributed by atoms with Gasteiger partial charge in [-0.2, -0.15) is 8.78 Å². The van der Waals surface area contributed by atoms with Crippen molar-refractivity contribution in [1.82, 2.24) is 0 Å². The Morgan fingerprint density at radius 3 is 2.38 bits per heavy atom. The molecule has 0 amide bonds. The Kier molecular flexibility index (Phi) is 3.27. The largest absolute Gasteiger partial charge is 0.432 e. The third kappa shape index (κ3) is 2.67. The van der Waals surface area contributed by atoms with Crippen molar-refractivity contribution in [2.24, 2.45) is 0 Å². The summed E-state index contributed by atoms with van der Waals surface area (Å²) in [4.78, 5) is 0. The summed E-state index contributed by atoms with van der Waals surface area (Å²) in [6.07, 6.45) is 0. The molecule has 0 unspecified atom stereocenters. The first-order valence-electron chi connectivity index (χ1n) is 3.10. The molecule has 0 spiro atoms. The number of ether oxygens (including phenoxy) is 1. The Morgan fingerprint density at radius 2 is 1.85 bits per heavy atom. The fraction of sp³-hybridized carbons (Fsp3) is 0.143. The molecule has 0 aliphatic carbocycles. The Hall–Kier alpha value is -0.610. The van der Waals surface area contributed by atoms with E-state index >= 15 is 0 Å². The molecule has 0 aliphatic heterocycles. The molecule has 13 heavy (non-hydrogen) atoms. The Labute approximate surface area is 82.0 Å². The molecule has 1 nitrogen and oxygen atoms in total. The molecule has 0 heterocycles. The maximum atomic E-state index is 12.9. The van der Waals surface area contributed by atoms with E-state index in [1.165, 1.54) is 0 Å². The number of rotatable bonds is 2. The standard InChI is InChI=1S/C7H3Cl2F3O/c8-3-1-4(9)6(10)5(2-3)13-7(11)12/h1-2,7H. The SMILES string of the molecule is Fc1c(Cl)cc(Cl)cc1OC(F)F. The predicted octanol–water partition coefficient (Wildman–Crippen LogP) is 3.73. The quantitative estimate of drug-likeness (QED) is 0.704. The molecule has 0 radical (unpaired) electrons. The van der Waals surface area contributed by atoms with Crippen LogP contribution in [0.2, 0.25) is 10.0 Å². The Bertz CT molecular complexity index is 317. The lowest BCUT2D eigenvalue weighted by Gasteiger charge is -2.06. The molecule has 1 aromatic carbocycles. The van der Waals surface area contributed by atoms with Crippen LogP contribution in [-0.4, -0.2) is 6.61 Å². The highest BCUT2D eigenvalue weighted by molar-refractivity contribution is 6.34. The van der Waals surface area contributed by atoms with E-state index in [9.17, 15) is 13.2 Å². The first-order chi connectivity index (χ1) is 6.00. The summed E-state index contributed by atoms with van der Waals surface area (Å²) >= 11 is 10.7. The van der Waals surface area contributed by atoms with Crippen LogP contribution in [-0.2, 0) is 0 Å². The molecular weight excluding hydrogens is 228 g/mol. The van der Waals surface area contributed by atoms with Gasteiger partial charge in [0, 0.05) is 11.1 Å². The summed E-state index contributed by atoms with van der Waals surface area (Å²) in [6, 6.07) is 2.02. The summed E-state index contributed by atoms with van der Waals surface area (Å²) < 4.78 is 40.1. The normalized spacial score (nSPS) is 10.6. The average Bonchev–Trinajstić information content (AvgIpc) is 1.98. The topological polar surface area (TPSA) is 9.23 Å². The Morgan fingerprint density at radius 1 is 1.23 bits per heavy atom. The van der Waals surface area contributed by atoms with Crippen LogP contribution in [0.3, 0.4) is 0 Å². The summed E-state index contributed by atoms with van der Waals surface area (Å²) in [6.45, 7) is -3.11. The summed E-state index contributed by atoms with van der Waals surface area (Å²) in [5, 5.41) is -0.329. The summed E-state index contributed by atoms with van der Waals surface area (Å²) in [7, 11) is 0. The van der Waals surface area contributed by atoms with Gasteiger partial charge < -0.3 is 4.74 Å². The highest BCUT2D eigenvalue weighted by Gasteiger charge is 2.13. The Balaban J connectivity index is 3.05. The van der Waals surface area contributed by atoms with Crippen molar-refractivity contribution in [1.29, 1.82) is 0 Å². The molecule has 0 fully saturated rings. The van der Waals surface area contributed by atoms with E-state index in [1.807, 2.05) is 0 Å². The van der Waals surface area contributed by atoms with Gasteiger partial charge in [0.05, 0.1) is 5.02 Å². The van der Waals surface area contributed by atoms with Crippen molar-refractivity contribution in [3.63, 3.8) is 0 Å². The van der Waals surface area contributed by atoms with Gasteiger partial charge in [-0.15, -0.1) is 0 Å². The van der Waals surface area contributed by atoms with Gasteiger partial charge in [0.2, 0.25) is 0 Å². The molecule has 72 valence electrons. The van der Waals surface area contributed by atoms with Crippen molar-refractivity contribution >= 4 is 23.2 Å². The molecule has 1 aromatic rings. The molecular formula is C7H3Cl2F3O. The zero-order chi connectivity index (χ0) is 10.0. The van der Waals surface area contributed by atoms with Crippen LogP contribution >= 0.6 is 23.2 Å². The lowest BCUT2D eigenvalue weighted by molar-refractivity contribution is -0.0521. The first kappa shape index (κ1) is 10.5. The molecule has 0 saturated carbocycles. The average molecular weight is 231 g/mol. The van der Waals surface area contributed by atoms with Gasteiger partial charge in [0.15, 0.2) is 11.6 Å². The minimum absolute atomic E-state index is 0.0297. The van der Waals surface area contributed by atoms with E-state index in [0.29, 0.717) is 0 Å². The van der Waals surface area contributed by atoms with Gasteiger partial charge in [0.25, 0.3) is 0 Å². The van der Waals surface area contributed by atoms with Crippen LogP contribution in [0.4, 0.5) is 13.2 Å². The van der Waals surface area contributed by atoms with Gasteiger partial charge in [-0.1, -0.05) is 23.2 Å². The summed E-state index contributed by atoms with van der Waals surface area (Å²) in [5.74, 6) is -1.71. The third-order valence-corrected chi connectivity index (χ3v) is 1.67. The van der Waals surface area contributed by atoms with Crippen LogP contribution in [0.5, 0.6) is 5.75 Å². The van der Waals surface area contributed by atoms with E-state index in [-0.39, 0.29) is 10.0 Å². The number of hydrogen-bond donors (Lipinski definition) is 0. The van der Waals surface area contributed by atoms with Crippen molar-refractivity contribution in [3.05, 3.63) is 28.0 Å². The second-order valence-corrected chi connectivity index (χ2v) is 2.92. The zero-order valence-electron chi connectivity index (χ0n) is 6.03. The van der Waals surface area contributed by atoms with Gasteiger partial charge in [-0.25, -0.2) is 4.39 Å². The van der Waals surface area contributed by atoms with E-state index in [4.69, 9.17) is 23.2 Å². The molecule has 0 N–H and O–H groups in total. The van der Waals surface area contributed by atoms with Crippen molar-refractivity contribution in [3.8, 4) is 5.75 Å². The number of alkyl halides is 2. The highest BCUT2D eigenvalue weighted by atomic mass is 35.5. The smallest absolute Gasteiger partial charge is 0.387 e. The minimum Gasteiger partial charge on any atom is -0.432 e. The molecule has 0 atom stereocenters. The van der Waals surface area contributed by atoms with Crippen LogP contribution < -0.4 is 4.74 Å². The second-order valence-electron chi connectivity index (χ2n) is 2.08. The molecule has 0 aromatic heterocycles. The molecule has 0 aliphatic rings.